The van der Waals surface area contributed by atoms with Gasteiger partial charge in [0.15, 0.2) is 0 Å². The highest BCUT2D eigenvalue weighted by molar-refractivity contribution is 6.15. The fourth-order valence-electron chi connectivity index (χ4n) is 0.913. The van der Waals surface area contributed by atoms with E-state index in [-0.39, 0.29) is 0 Å². The topological polar surface area (TPSA) is 26.3 Å². The van der Waals surface area contributed by atoms with Crippen molar-refractivity contribution in [1.29, 1.82) is 0 Å². The van der Waals surface area contributed by atoms with E-state index in [9.17, 15) is 4.79 Å². The lowest BCUT2D eigenvalue weighted by Crippen LogP contribution is -1.98. The van der Waals surface area contributed by atoms with E-state index in [1.54, 1.807) is 12.1 Å². The van der Waals surface area contributed by atoms with Crippen LogP contribution in [0.1, 0.15) is 21.5 Å². The van der Waals surface area contributed by atoms with Crippen molar-refractivity contribution in [3.63, 3.8) is 0 Å². The first-order chi connectivity index (χ1) is 5.65. The van der Waals surface area contributed by atoms with Gasteiger partial charge in [0.2, 0.25) is 0 Å². The SMILES string of the molecule is Cc1ccc(C(=O)OCl)cc1C. The molecule has 0 atom stereocenters. The summed E-state index contributed by atoms with van der Waals surface area (Å²) in [6.07, 6.45) is 0. The first-order valence-corrected chi connectivity index (χ1v) is 3.86. The first kappa shape index (κ1) is 9.07. The van der Waals surface area contributed by atoms with Gasteiger partial charge in [-0.15, -0.1) is 0 Å². The van der Waals surface area contributed by atoms with Crippen molar-refractivity contribution in [2.45, 2.75) is 13.8 Å². The normalized spacial score (nSPS) is 9.58. The minimum absolute atomic E-state index is 0.480. The average Bonchev–Trinajstić information content (AvgIpc) is 2.08. The van der Waals surface area contributed by atoms with Gasteiger partial charge in [0, 0.05) is 0 Å². The van der Waals surface area contributed by atoms with Crippen LogP contribution in [0.5, 0.6) is 0 Å². The van der Waals surface area contributed by atoms with Crippen LogP contribution in [-0.4, -0.2) is 5.97 Å². The molecule has 0 aliphatic heterocycles. The minimum atomic E-state index is -0.514. The van der Waals surface area contributed by atoms with Crippen molar-refractivity contribution in [3.05, 3.63) is 34.9 Å². The highest BCUT2D eigenvalue weighted by Gasteiger charge is 2.06. The van der Waals surface area contributed by atoms with Crippen LogP contribution in [0.15, 0.2) is 18.2 Å². The quantitative estimate of drug-likeness (QED) is 0.671. The Morgan fingerprint density at radius 2 is 2.00 bits per heavy atom. The monoisotopic (exact) mass is 184 g/mol. The highest BCUT2D eigenvalue weighted by Crippen LogP contribution is 2.11. The molecule has 0 saturated carbocycles. The Balaban J connectivity index is 3.05. The number of aryl methyl sites for hydroxylation is 2. The summed E-state index contributed by atoms with van der Waals surface area (Å²) in [5.74, 6) is -0.514. The highest BCUT2D eigenvalue weighted by atomic mass is 35.5. The smallest absolute Gasteiger partial charge is 0.343 e. The molecule has 0 saturated heterocycles. The van der Waals surface area contributed by atoms with Gasteiger partial charge in [0.1, 0.15) is 11.9 Å². The van der Waals surface area contributed by atoms with Gasteiger partial charge < -0.3 is 4.29 Å². The molecule has 0 bridgehead atoms. The Bertz CT molecular complexity index is 307. The molecule has 1 aromatic rings. The van der Waals surface area contributed by atoms with Crippen molar-refractivity contribution in [3.8, 4) is 0 Å². The molecule has 12 heavy (non-hydrogen) atoms. The molecule has 0 N–H and O–H groups in total. The van der Waals surface area contributed by atoms with Gasteiger partial charge in [-0.2, -0.15) is 0 Å². The van der Waals surface area contributed by atoms with Gasteiger partial charge in [0.05, 0.1) is 5.56 Å². The second kappa shape index (κ2) is 3.59. The van der Waals surface area contributed by atoms with Crippen molar-refractivity contribution in [2.24, 2.45) is 0 Å². The number of benzene rings is 1. The molecule has 0 radical (unpaired) electrons. The van der Waals surface area contributed by atoms with E-state index >= 15 is 0 Å². The molecular formula is C9H9ClO2. The molecule has 1 rings (SSSR count). The van der Waals surface area contributed by atoms with Crippen molar-refractivity contribution >= 4 is 17.8 Å². The summed E-state index contributed by atoms with van der Waals surface area (Å²) in [4.78, 5) is 10.9. The molecule has 0 aliphatic carbocycles. The maximum atomic E-state index is 10.9. The van der Waals surface area contributed by atoms with E-state index in [2.05, 4.69) is 4.29 Å². The summed E-state index contributed by atoms with van der Waals surface area (Å²) >= 11 is 4.93. The van der Waals surface area contributed by atoms with Gasteiger partial charge >= 0.3 is 5.97 Å². The maximum Gasteiger partial charge on any atom is 0.356 e. The van der Waals surface area contributed by atoms with Crippen molar-refractivity contribution in [2.75, 3.05) is 0 Å². The number of carbonyl (C=O) groups is 1. The van der Waals surface area contributed by atoms with Crippen molar-refractivity contribution in [1.82, 2.24) is 0 Å². The average molecular weight is 185 g/mol. The predicted molar refractivity (Wildman–Crippen MR) is 47.2 cm³/mol. The summed E-state index contributed by atoms with van der Waals surface area (Å²) in [6, 6.07) is 5.30. The van der Waals surface area contributed by atoms with Crippen LogP contribution in [-0.2, 0) is 4.29 Å². The van der Waals surface area contributed by atoms with Crippen LogP contribution >= 0.6 is 11.9 Å². The fourth-order valence-corrected chi connectivity index (χ4v) is 1.00. The number of rotatable bonds is 1. The number of hydrogen-bond acceptors (Lipinski definition) is 2. The summed E-state index contributed by atoms with van der Waals surface area (Å²) < 4.78 is 4.06. The Morgan fingerprint density at radius 3 is 2.50 bits per heavy atom. The molecule has 0 spiro atoms. The first-order valence-electron chi connectivity index (χ1n) is 3.55. The third-order valence-corrected chi connectivity index (χ3v) is 1.95. The molecule has 0 fully saturated rings. The van der Waals surface area contributed by atoms with Crippen LogP contribution < -0.4 is 0 Å². The van der Waals surface area contributed by atoms with Crippen molar-refractivity contribution < 1.29 is 9.08 Å². The largest absolute Gasteiger partial charge is 0.356 e. The molecule has 1 aromatic carbocycles. The van der Waals surface area contributed by atoms with E-state index < -0.39 is 5.97 Å². The summed E-state index contributed by atoms with van der Waals surface area (Å²) in [6.45, 7) is 3.91. The van der Waals surface area contributed by atoms with Crippen LogP contribution in [0.25, 0.3) is 0 Å². The third kappa shape index (κ3) is 1.77. The van der Waals surface area contributed by atoms with Gasteiger partial charge in [-0.05, 0) is 37.1 Å². The third-order valence-electron chi connectivity index (χ3n) is 1.81. The minimum Gasteiger partial charge on any atom is -0.343 e. The van der Waals surface area contributed by atoms with E-state index in [0.29, 0.717) is 5.56 Å². The Labute approximate surface area is 76.3 Å². The van der Waals surface area contributed by atoms with E-state index in [0.717, 1.165) is 11.1 Å². The molecule has 0 aromatic heterocycles. The zero-order valence-electron chi connectivity index (χ0n) is 6.93. The van der Waals surface area contributed by atoms with Crippen LogP contribution in [0.4, 0.5) is 0 Å². The Morgan fingerprint density at radius 1 is 1.33 bits per heavy atom. The lowest BCUT2D eigenvalue weighted by atomic mass is 10.1. The lowest BCUT2D eigenvalue weighted by molar-refractivity contribution is 0.0751. The van der Waals surface area contributed by atoms with Gasteiger partial charge in [-0.3, -0.25) is 0 Å². The number of carbonyl (C=O) groups excluding carboxylic acids is 1. The van der Waals surface area contributed by atoms with E-state index in [1.165, 1.54) is 0 Å². The molecular weight excluding hydrogens is 176 g/mol. The van der Waals surface area contributed by atoms with E-state index in [1.807, 2.05) is 19.9 Å². The van der Waals surface area contributed by atoms with Gasteiger partial charge in [-0.25, -0.2) is 4.79 Å². The zero-order valence-corrected chi connectivity index (χ0v) is 7.68. The summed E-state index contributed by atoms with van der Waals surface area (Å²) in [5, 5.41) is 0. The zero-order chi connectivity index (χ0) is 9.14. The predicted octanol–water partition coefficient (Wildman–Crippen LogP) is 2.61. The second-order valence-electron chi connectivity index (χ2n) is 2.66. The standard InChI is InChI=1S/C9H9ClO2/c1-6-3-4-8(5-7(6)2)9(11)12-10/h3-5H,1-2H3. The molecule has 0 amide bonds. The molecule has 64 valence electrons. The van der Waals surface area contributed by atoms with Gasteiger partial charge in [-0.1, -0.05) is 6.07 Å². The molecule has 2 nitrogen and oxygen atoms in total. The molecule has 0 unspecified atom stereocenters. The Kier molecular flexibility index (Phi) is 2.71. The van der Waals surface area contributed by atoms with Crippen LogP contribution in [0.2, 0.25) is 0 Å². The lowest BCUT2D eigenvalue weighted by Gasteiger charge is -2.01. The summed E-state index contributed by atoms with van der Waals surface area (Å²) in [5.41, 5.74) is 2.67. The molecule has 3 heteroatoms. The molecule has 0 aliphatic rings. The Hall–Kier alpha value is -1.02. The number of halogens is 1. The maximum absolute atomic E-state index is 10.9. The van der Waals surface area contributed by atoms with E-state index in [4.69, 9.17) is 11.9 Å². The van der Waals surface area contributed by atoms with Gasteiger partial charge in [0.25, 0.3) is 0 Å². The fraction of sp³-hybridized carbons (Fsp3) is 0.222. The summed E-state index contributed by atoms with van der Waals surface area (Å²) in [7, 11) is 0. The second-order valence-corrected chi connectivity index (χ2v) is 2.82. The van der Waals surface area contributed by atoms with Crippen LogP contribution in [0, 0.1) is 13.8 Å². The number of hydrogen-bond donors (Lipinski definition) is 0. The molecule has 0 heterocycles. The van der Waals surface area contributed by atoms with Crippen LogP contribution in [0.3, 0.4) is 0 Å².